The van der Waals surface area contributed by atoms with Gasteiger partial charge in [0, 0.05) is 6.42 Å². The molecule has 0 radical (unpaired) electrons. The highest BCUT2D eigenvalue weighted by molar-refractivity contribution is 5.31. The predicted octanol–water partition coefficient (Wildman–Crippen LogP) is 3.14. The molecule has 0 fully saturated rings. The van der Waals surface area contributed by atoms with Gasteiger partial charge in [0.2, 0.25) is 0 Å². The van der Waals surface area contributed by atoms with Gasteiger partial charge in [-0.2, -0.15) is 0 Å². The van der Waals surface area contributed by atoms with Gasteiger partial charge in [-0.3, -0.25) is 0 Å². The lowest BCUT2D eigenvalue weighted by molar-refractivity contribution is 0.164. The highest BCUT2D eigenvalue weighted by Gasteiger charge is 2.09. The van der Waals surface area contributed by atoms with Crippen molar-refractivity contribution in [3.8, 4) is 12.3 Å². The number of aliphatic hydroxyl groups excluding tert-OH is 1. The Balaban J connectivity index is 2.66. The zero-order valence-electron chi connectivity index (χ0n) is 9.46. The van der Waals surface area contributed by atoms with Crippen molar-refractivity contribution in [1.29, 1.82) is 0 Å². The van der Waals surface area contributed by atoms with Gasteiger partial charge in [0.05, 0.1) is 6.10 Å². The van der Waals surface area contributed by atoms with Crippen LogP contribution in [0.4, 0.5) is 0 Å². The Labute approximate surface area is 92.1 Å². The van der Waals surface area contributed by atoms with Gasteiger partial charge in [-0.15, -0.1) is 12.3 Å². The molecule has 0 spiro atoms. The van der Waals surface area contributed by atoms with E-state index in [1.165, 1.54) is 5.56 Å². The van der Waals surface area contributed by atoms with Gasteiger partial charge < -0.3 is 5.11 Å². The van der Waals surface area contributed by atoms with E-state index in [4.69, 9.17) is 6.42 Å². The Morgan fingerprint density at radius 2 is 2.13 bits per heavy atom. The highest BCUT2D eigenvalue weighted by atomic mass is 16.3. The molecule has 0 aliphatic rings. The first-order valence-corrected chi connectivity index (χ1v) is 5.34. The molecular formula is C14H18O. The van der Waals surface area contributed by atoms with Crippen LogP contribution in [0.15, 0.2) is 18.2 Å². The minimum absolute atomic E-state index is 0.376. The van der Waals surface area contributed by atoms with Gasteiger partial charge in [-0.1, -0.05) is 23.8 Å². The first-order valence-electron chi connectivity index (χ1n) is 5.34. The summed E-state index contributed by atoms with van der Waals surface area (Å²) in [5, 5.41) is 9.95. The number of unbranched alkanes of at least 4 members (excludes halogenated alkanes) is 1. The van der Waals surface area contributed by atoms with Crippen molar-refractivity contribution >= 4 is 0 Å². The van der Waals surface area contributed by atoms with Crippen molar-refractivity contribution in [1.82, 2.24) is 0 Å². The van der Waals surface area contributed by atoms with Crippen LogP contribution < -0.4 is 0 Å². The first kappa shape index (κ1) is 11.8. The normalized spacial score (nSPS) is 12.1. The second kappa shape index (κ2) is 5.58. The fraction of sp³-hybridized carbons (Fsp3) is 0.429. The third-order valence-corrected chi connectivity index (χ3v) is 2.58. The molecule has 0 heterocycles. The van der Waals surface area contributed by atoms with Crippen LogP contribution in [0.25, 0.3) is 0 Å². The van der Waals surface area contributed by atoms with Gasteiger partial charge in [-0.05, 0) is 37.8 Å². The molecule has 1 aromatic rings. The molecule has 15 heavy (non-hydrogen) atoms. The summed E-state index contributed by atoms with van der Waals surface area (Å²) in [5.41, 5.74) is 3.41. The van der Waals surface area contributed by atoms with E-state index in [1.807, 2.05) is 19.1 Å². The molecule has 1 nitrogen and oxygen atoms in total. The van der Waals surface area contributed by atoms with Crippen LogP contribution in [0, 0.1) is 26.2 Å². The zero-order chi connectivity index (χ0) is 11.3. The Bertz CT molecular complexity index is 360. The second-order valence-corrected chi connectivity index (χ2v) is 3.97. The van der Waals surface area contributed by atoms with Crippen molar-refractivity contribution in [2.45, 2.75) is 39.2 Å². The highest BCUT2D eigenvalue weighted by Crippen LogP contribution is 2.23. The Kier molecular flexibility index (Phi) is 4.39. The van der Waals surface area contributed by atoms with Gasteiger partial charge in [-0.25, -0.2) is 0 Å². The summed E-state index contributed by atoms with van der Waals surface area (Å²) in [6, 6.07) is 6.14. The molecule has 1 rings (SSSR count). The van der Waals surface area contributed by atoms with Crippen molar-refractivity contribution in [3.63, 3.8) is 0 Å². The lowest BCUT2D eigenvalue weighted by Gasteiger charge is -2.13. The van der Waals surface area contributed by atoms with Gasteiger partial charge in [0.25, 0.3) is 0 Å². The predicted molar refractivity (Wildman–Crippen MR) is 63.6 cm³/mol. The molecule has 1 atom stereocenters. The molecular weight excluding hydrogens is 184 g/mol. The number of hydrogen-bond donors (Lipinski definition) is 1. The maximum atomic E-state index is 9.95. The molecule has 1 N–H and O–H groups in total. The average molecular weight is 202 g/mol. The molecule has 0 saturated heterocycles. The molecule has 1 unspecified atom stereocenters. The number of aryl methyl sites for hydroxylation is 2. The third-order valence-electron chi connectivity index (χ3n) is 2.58. The fourth-order valence-corrected chi connectivity index (χ4v) is 1.75. The van der Waals surface area contributed by atoms with Crippen molar-refractivity contribution in [3.05, 3.63) is 34.9 Å². The first-order chi connectivity index (χ1) is 7.15. The number of hydrogen-bond acceptors (Lipinski definition) is 1. The lowest BCUT2D eigenvalue weighted by Crippen LogP contribution is -2.00. The largest absolute Gasteiger partial charge is 0.388 e. The van der Waals surface area contributed by atoms with Crippen LogP contribution in [0.3, 0.4) is 0 Å². The zero-order valence-corrected chi connectivity index (χ0v) is 9.46. The maximum Gasteiger partial charge on any atom is 0.0793 e. The van der Waals surface area contributed by atoms with Crippen LogP contribution in [0.1, 0.15) is 42.1 Å². The summed E-state index contributed by atoms with van der Waals surface area (Å²) in [6.45, 7) is 4.09. The van der Waals surface area contributed by atoms with Gasteiger partial charge >= 0.3 is 0 Å². The average Bonchev–Trinajstić information content (AvgIpc) is 2.17. The molecule has 80 valence electrons. The number of rotatable bonds is 4. The number of benzene rings is 1. The van der Waals surface area contributed by atoms with E-state index in [0.29, 0.717) is 0 Å². The quantitative estimate of drug-likeness (QED) is 0.587. The minimum Gasteiger partial charge on any atom is -0.388 e. The molecule has 0 bridgehead atoms. The summed E-state index contributed by atoms with van der Waals surface area (Å²) in [4.78, 5) is 0. The Hall–Kier alpha value is -1.26. The molecule has 0 aliphatic carbocycles. The topological polar surface area (TPSA) is 20.2 Å². The van der Waals surface area contributed by atoms with Crippen molar-refractivity contribution in [2.75, 3.05) is 0 Å². The smallest absolute Gasteiger partial charge is 0.0793 e. The molecule has 1 aromatic carbocycles. The van der Waals surface area contributed by atoms with Crippen LogP contribution in [0.2, 0.25) is 0 Å². The van der Waals surface area contributed by atoms with E-state index in [9.17, 15) is 5.11 Å². The van der Waals surface area contributed by atoms with E-state index >= 15 is 0 Å². The summed E-state index contributed by atoms with van der Waals surface area (Å²) in [5.74, 6) is 2.59. The molecule has 0 saturated carbocycles. The molecule has 0 amide bonds. The lowest BCUT2D eigenvalue weighted by atomic mass is 9.98. The molecule has 0 aliphatic heterocycles. The summed E-state index contributed by atoms with van der Waals surface area (Å²) < 4.78 is 0. The third kappa shape index (κ3) is 3.42. The van der Waals surface area contributed by atoms with Gasteiger partial charge in [0.1, 0.15) is 0 Å². The van der Waals surface area contributed by atoms with Crippen molar-refractivity contribution < 1.29 is 5.11 Å². The second-order valence-electron chi connectivity index (χ2n) is 3.97. The van der Waals surface area contributed by atoms with Gasteiger partial charge in [0.15, 0.2) is 0 Å². The van der Waals surface area contributed by atoms with Crippen LogP contribution in [0.5, 0.6) is 0 Å². The van der Waals surface area contributed by atoms with E-state index in [1.54, 1.807) is 0 Å². The summed E-state index contributed by atoms with van der Waals surface area (Å²) in [6.07, 6.45) is 7.16. The number of terminal acetylenes is 1. The van der Waals surface area contributed by atoms with E-state index < -0.39 is 0 Å². The van der Waals surface area contributed by atoms with Crippen LogP contribution >= 0.6 is 0 Å². The SMILES string of the molecule is C#CCCCC(O)c1ccc(C)cc1C. The standard InChI is InChI=1S/C14H18O/c1-4-5-6-7-14(15)13-9-8-11(2)10-12(13)3/h1,8-10,14-15H,5-7H2,2-3H3. The minimum atomic E-state index is -0.376. The maximum absolute atomic E-state index is 9.95. The molecule has 1 heteroatoms. The van der Waals surface area contributed by atoms with Crippen molar-refractivity contribution in [2.24, 2.45) is 0 Å². The fourth-order valence-electron chi connectivity index (χ4n) is 1.75. The van der Waals surface area contributed by atoms with Crippen LogP contribution in [-0.4, -0.2) is 5.11 Å². The monoisotopic (exact) mass is 202 g/mol. The summed E-state index contributed by atoms with van der Waals surface area (Å²) in [7, 11) is 0. The summed E-state index contributed by atoms with van der Waals surface area (Å²) >= 11 is 0. The molecule has 0 aromatic heterocycles. The number of aliphatic hydroxyl groups is 1. The Morgan fingerprint density at radius 1 is 1.40 bits per heavy atom. The van der Waals surface area contributed by atoms with E-state index in [0.717, 1.165) is 30.4 Å². The van der Waals surface area contributed by atoms with Crippen LogP contribution in [-0.2, 0) is 0 Å². The van der Waals surface area contributed by atoms with E-state index in [2.05, 4.69) is 18.9 Å². The Morgan fingerprint density at radius 3 is 2.73 bits per heavy atom. The van der Waals surface area contributed by atoms with E-state index in [-0.39, 0.29) is 6.10 Å².